The van der Waals surface area contributed by atoms with Crippen LogP contribution in [0, 0.1) is 0 Å². The zero-order valence-electron chi connectivity index (χ0n) is 17.9. The van der Waals surface area contributed by atoms with Crippen molar-refractivity contribution in [2.75, 3.05) is 6.54 Å². The second-order valence-electron chi connectivity index (χ2n) is 8.03. The highest BCUT2D eigenvalue weighted by molar-refractivity contribution is 5.76. The van der Waals surface area contributed by atoms with Gasteiger partial charge in [0.25, 0.3) is 0 Å². The van der Waals surface area contributed by atoms with Gasteiger partial charge in [0.15, 0.2) is 0 Å². The maximum Gasteiger partial charge on any atom is 0.220 e. The number of carbonyl (C=O) groups is 1. The highest BCUT2D eigenvalue weighted by atomic mass is 16.3. The smallest absolute Gasteiger partial charge is 0.220 e. The number of nitrogens with one attached hydrogen (secondary N) is 1. The summed E-state index contributed by atoms with van der Waals surface area (Å²) in [7, 11) is 0. The fraction of sp³-hybridized carbons (Fsp3) is 0.955. The topological polar surface area (TPSA) is 95.6 Å². The van der Waals surface area contributed by atoms with E-state index in [1.807, 2.05) is 0 Å². The molecule has 27 heavy (non-hydrogen) atoms. The zero-order chi connectivity index (χ0) is 20.3. The van der Waals surface area contributed by atoms with E-state index >= 15 is 0 Å². The van der Waals surface area contributed by atoms with Gasteiger partial charge in [0, 0.05) is 13.0 Å². The molecule has 5 nitrogen and oxygen atoms in total. The summed E-state index contributed by atoms with van der Waals surface area (Å²) >= 11 is 0. The first kappa shape index (κ1) is 26.4. The molecule has 0 saturated carbocycles. The molecule has 0 aromatic carbocycles. The molecule has 0 aliphatic heterocycles. The molecule has 0 fully saturated rings. The van der Waals surface area contributed by atoms with Crippen molar-refractivity contribution in [2.24, 2.45) is 5.73 Å². The molecule has 162 valence electrons. The van der Waals surface area contributed by atoms with Crippen LogP contribution in [0.1, 0.15) is 110 Å². The summed E-state index contributed by atoms with van der Waals surface area (Å²) in [5, 5.41) is 22.1. The molecular formula is C22H46N2O3. The predicted octanol–water partition coefficient (Wildman–Crippen LogP) is 4.04. The number of amides is 1. The highest BCUT2D eigenvalue weighted by Gasteiger charge is 2.20. The second kappa shape index (κ2) is 18.7. The summed E-state index contributed by atoms with van der Waals surface area (Å²) in [4.78, 5) is 12.0. The first-order valence-corrected chi connectivity index (χ1v) is 11.4. The van der Waals surface area contributed by atoms with Crippen molar-refractivity contribution in [2.45, 2.75) is 128 Å². The molecule has 0 aliphatic carbocycles. The maximum absolute atomic E-state index is 12.0. The summed E-state index contributed by atoms with van der Waals surface area (Å²) in [5.41, 5.74) is 5.40. The second-order valence-corrected chi connectivity index (χ2v) is 8.03. The van der Waals surface area contributed by atoms with Gasteiger partial charge >= 0.3 is 0 Å². The monoisotopic (exact) mass is 386 g/mol. The highest BCUT2D eigenvalue weighted by Crippen LogP contribution is 2.13. The average molecular weight is 387 g/mol. The molecule has 0 radical (unpaired) electrons. The molecule has 0 aromatic heterocycles. The fourth-order valence-electron chi connectivity index (χ4n) is 3.35. The Morgan fingerprint density at radius 2 is 1.30 bits per heavy atom. The standard InChI is InChI=1S/C22H46N2O3/c1-3-4-5-6-7-8-9-10-11-12-13-14-15-16-22(27)24-21(19(2)25)17-20(26)18-23/h19-21,25-26H,3-18,23H2,1-2H3,(H,24,27)/t19-,20-,21?/m0/s1. The van der Waals surface area contributed by atoms with Crippen molar-refractivity contribution in [1.29, 1.82) is 0 Å². The van der Waals surface area contributed by atoms with E-state index in [0.29, 0.717) is 12.8 Å². The Morgan fingerprint density at radius 1 is 0.852 bits per heavy atom. The van der Waals surface area contributed by atoms with Gasteiger partial charge in [0.1, 0.15) is 0 Å². The van der Waals surface area contributed by atoms with Crippen LogP contribution in [-0.2, 0) is 4.79 Å². The quantitative estimate of drug-likeness (QED) is 0.252. The number of rotatable bonds is 19. The minimum absolute atomic E-state index is 0.0480. The molecule has 0 aliphatic rings. The van der Waals surface area contributed by atoms with Gasteiger partial charge in [-0.05, 0) is 19.8 Å². The summed E-state index contributed by atoms with van der Waals surface area (Å²) in [6, 6.07) is -0.432. The van der Waals surface area contributed by atoms with E-state index in [4.69, 9.17) is 5.73 Å². The first-order valence-electron chi connectivity index (χ1n) is 11.4. The molecule has 0 spiro atoms. The van der Waals surface area contributed by atoms with Gasteiger partial charge in [-0.25, -0.2) is 0 Å². The molecule has 0 saturated heterocycles. The minimum Gasteiger partial charge on any atom is -0.392 e. The third-order valence-corrected chi connectivity index (χ3v) is 5.23. The molecule has 3 atom stereocenters. The SMILES string of the molecule is CCCCCCCCCCCCCCCC(=O)NC(C[C@H](O)CN)[C@H](C)O. The first-order chi connectivity index (χ1) is 13.0. The Balaban J connectivity index is 3.51. The van der Waals surface area contributed by atoms with Crippen molar-refractivity contribution >= 4 is 5.91 Å². The molecule has 5 N–H and O–H groups in total. The molecule has 0 bridgehead atoms. The molecule has 0 aromatic rings. The molecular weight excluding hydrogens is 340 g/mol. The van der Waals surface area contributed by atoms with E-state index in [-0.39, 0.29) is 12.5 Å². The van der Waals surface area contributed by atoms with E-state index in [0.717, 1.165) is 12.8 Å². The average Bonchev–Trinajstić information content (AvgIpc) is 2.64. The summed E-state index contributed by atoms with van der Waals surface area (Å²) in [5.74, 6) is -0.0480. The third-order valence-electron chi connectivity index (χ3n) is 5.23. The Morgan fingerprint density at radius 3 is 1.70 bits per heavy atom. The van der Waals surface area contributed by atoms with Crippen molar-refractivity contribution in [3.8, 4) is 0 Å². The van der Waals surface area contributed by atoms with Gasteiger partial charge in [-0.15, -0.1) is 0 Å². The van der Waals surface area contributed by atoms with Crippen LogP contribution in [0.5, 0.6) is 0 Å². The lowest BCUT2D eigenvalue weighted by atomic mass is 10.0. The fourth-order valence-corrected chi connectivity index (χ4v) is 3.35. The maximum atomic E-state index is 12.0. The van der Waals surface area contributed by atoms with Crippen LogP contribution in [0.3, 0.4) is 0 Å². The zero-order valence-corrected chi connectivity index (χ0v) is 17.9. The van der Waals surface area contributed by atoms with E-state index in [2.05, 4.69) is 12.2 Å². The van der Waals surface area contributed by atoms with Gasteiger partial charge in [-0.2, -0.15) is 0 Å². The van der Waals surface area contributed by atoms with Crippen molar-refractivity contribution in [1.82, 2.24) is 5.32 Å². The van der Waals surface area contributed by atoms with Gasteiger partial charge in [-0.1, -0.05) is 84.0 Å². The van der Waals surface area contributed by atoms with Gasteiger partial charge in [0.05, 0.1) is 18.2 Å². The lowest BCUT2D eigenvalue weighted by Gasteiger charge is -2.23. The van der Waals surface area contributed by atoms with Gasteiger partial charge in [0.2, 0.25) is 5.91 Å². The molecule has 5 heteroatoms. The van der Waals surface area contributed by atoms with Crippen LogP contribution < -0.4 is 11.1 Å². The minimum atomic E-state index is -0.693. The number of aliphatic hydroxyl groups excluding tert-OH is 2. The third kappa shape index (κ3) is 17.2. The summed E-state index contributed by atoms with van der Waals surface area (Å²) in [6.07, 6.45) is 16.1. The summed E-state index contributed by atoms with van der Waals surface area (Å²) in [6.45, 7) is 4.02. The van der Waals surface area contributed by atoms with Crippen LogP contribution in [0.25, 0.3) is 0 Å². The largest absolute Gasteiger partial charge is 0.392 e. The number of aliphatic hydroxyl groups is 2. The molecule has 1 unspecified atom stereocenters. The van der Waals surface area contributed by atoms with Crippen LogP contribution >= 0.6 is 0 Å². The lowest BCUT2D eigenvalue weighted by molar-refractivity contribution is -0.123. The van der Waals surface area contributed by atoms with Crippen LogP contribution in [0.4, 0.5) is 0 Å². The molecule has 0 heterocycles. The predicted molar refractivity (Wildman–Crippen MR) is 114 cm³/mol. The Labute approximate surface area is 167 Å². The van der Waals surface area contributed by atoms with Crippen molar-refractivity contribution in [3.63, 3.8) is 0 Å². The van der Waals surface area contributed by atoms with Crippen LogP contribution in [0.2, 0.25) is 0 Å². The summed E-state index contributed by atoms with van der Waals surface area (Å²) < 4.78 is 0. The van der Waals surface area contributed by atoms with E-state index < -0.39 is 18.2 Å². The van der Waals surface area contributed by atoms with E-state index in [1.165, 1.54) is 70.6 Å². The van der Waals surface area contributed by atoms with Crippen molar-refractivity contribution in [3.05, 3.63) is 0 Å². The molecule has 1 amide bonds. The Kier molecular flexibility index (Phi) is 18.3. The Hall–Kier alpha value is -0.650. The van der Waals surface area contributed by atoms with Crippen LogP contribution in [-0.4, -0.2) is 40.9 Å². The van der Waals surface area contributed by atoms with Gasteiger partial charge < -0.3 is 21.3 Å². The number of unbranched alkanes of at least 4 members (excludes halogenated alkanes) is 12. The number of hydrogen-bond donors (Lipinski definition) is 4. The van der Waals surface area contributed by atoms with E-state index in [9.17, 15) is 15.0 Å². The van der Waals surface area contributed by atoms with E-state index in [1.54, 1.807) is 6.92 Å². The Bertz CT molecular complexity index is 338. The normalized spacial score (nSPS) is 14.7. The number of nitrogens with two attached hydrogens (primary N) is 1. The lowest BCUT2D eigenvalue weighted by Crippen LogP contribution is -2.45. The number of carbonyl (C=O) groups excluding carboxylic acids is 1. The van der Waals surface area contributed by atoms with Crippen molar-refractivity contribution < 1.29 is 15.0 Å². The van der Waals surface area contributed by atoms with Crippen LogP contribution in [0.15, 0.2) is 0 Å². The molecule has 0 rings (SSSR count). The number of hydrogen-bond acceptors (Lipinski definition) is 4. The van der Waals surface area contributed by atoms with Gasteiger partial charge in [-0.3, -0.25) is 4.79 Å².